The molecule has 1 heterocycles. The van der Waals surface area contributed by atoms with Crippen molar-refractivity contribution in [2.75, 3.05) is 18.8 Å². The Hall–Kier alpha value is -2.77. The zero-order chi connectivity index (χ0) is 19.7. The van der Waals surface area contributed by atoms with Crippen LogP contribution in [0.25, 0.3) is 0 Å². The third kappa shape index (κ3) is 7.42. The summed E-state index contributed by atoms with van der Waals surface area (Å²) >= 11 is 0. The van der Waals surface area contributed by atoms with Gasteiger partial charge in [0.2, 0.25) is 0 Å². The van der Waals surface area contributed by atoms with Gasteiger partial charge in [0.15, 0.2) is 0 Å². The highest BCUT2D eigenvalue weighted by Crippen LogP contribution is 2.20. The molecule has 0 spiro atoms. The second-order valence-electron chi connectivity index (χ2n) is 7.19. The van der Waals surface area contributed by atoms with Crippen molar-refractivity contribution in [2.24, 2.45) is 5.92 Å². The predicted octanol–water partition coefficient (Wildman–Crippen LogP) is 2.99. The van der Waals surface area contributed by atoms with E-state index in [4.69, 9.17) is 20.1 Å². The molecule has 0 saturated carbocycles. The van der Waals surface area contributed by atoms with Crippen LogP contribution in [0.1, 0.15) is 44.7 Å². The number of anilines is 1. The van der Waals surface area contributed by atoms with Crippen LogP contribution in [0, 0.1) is 24.7 Å². The lowest BCUT2D eigenvalue weighted by molar-refractivity contribution is -0.191. The fourth-order valence-corrected chi connectivity index (χ4v) is 2.49. The minimum Gasteiger partial charge on any atom is -0.444 e. The van der Waals surface area contributed by atoms with Gasteiger partial charge in [0.25, 0.3) is 0 Å². The topological polar surface area (TPSA) is 89.7 Å². The van der Waals surface area contributed by atoms with E-state index in [1.165, 1.54) is 0 Å². The molecule has 26 heavy (non-hydrogen) atoms. The first-order valence-electron chi connectivity index (χ1n) is 8.51. The molecule has 0 aromatic heterocycles. The van der Waals surface area contributed by atoms with E-state index in [0.29, 0.717) is 24.7 Å². The first-order chi connectivity index (χ1) is 12.2. The second-order valence-corrected chi connectivity index (χ2v) is 7.19. The molecule has 1 saturated heterocycles. The van der Waals surface area contributed by atoms with Gasteiger partial charge in [-0.2, -0.15) is 9.59 Å². The SMILES string of the molecule is Cc1ccc(N)c(C#CC2CCN(C(=O)OC(C)(C)C)CC2)c1.O=C=O. The van der Waals surface area contributed by atoms with Gasteiger partial charge in [-0.3, -0.25) is 0 Å². The minimum atomic E-state index is -0.448. The van der Waals surface area contributed by atoms with E-state index in [1.54, 1.807) is 4.90 Å². The van der Waals surface area contributed by atoms with Crippen LogP contribution in [0.3, 0.4) is 0 Å². The van der Waals surface area contributed by atoms with E-state index >= 15 is 0 Å². The number of hydrogen-bond donors (Lipinski definition) is 1. The molecule has 0 atom stereocenters. The third-order valence-electron chi connectivity index (χ3n) is 3.77. The quantitative estimate of drug-likeness (QED) is 0.569. The van der Waals surface area contributed by atoms with Crippen molar-refractivity contribution in [3.63, 3.8) is 0 Å². The first-order valence-corrected chi connectivity index (χ1v) is 8.51. The fourth-order valence-electron chi connectivity index (χ4n) is 2.49. The summed E-state index contributed by atoms with van der Waals surface area (Å²) in [6.45, 7) is 9.07. The van der Waals surface area contributed by atoms with Crippen molar-refractivity contribution >= 4 is 17.9 Å². The van der Waals surface area contributed by atoms with Crippen LogP contribution in [0.2, 0.25) is 0 Å². The predicted molar refractivity (Wildman–Crippen MR) is 98.0 cm³/mol. The van der Waals surface area contributed by atoms with Gasteiger partial charge in [-0.05, 0) is 58.2 Å². The molecule has 0 unspecified atom stereocenters. The molecule has 1 aliphatic heterocycles. The van der Waals surface area contributed by atoms with E-state index in [1.807, 2.05) is 45.9 Å². The number of piperidine rings is 1. The summed E-state index contributed by atoms with van der Waals surface area (Å²) < 4.78 is 5.41. The zero-order valence-electron chi connectivity index (χ0n) is 15.8. The number of nitrogens with zero attached hydrogens (tertiary/aromatic N) is 1. The molecule has 1 fully saturated rings. The van der Waals surface area contributed by atoms with Crippen molar-refractivity contribution in [3.8, 4) is 11.8 Å². The van der Waals surface area contributed by atoms with Gasteiger partial charge in [0.1, 0.15) is 5.60 Å². The Balaban J connectivity index is 0.00000105. The molecular weight excluding hydrogens is 332 g/mol. The molecule has 140 valence electrons. The molecule has 1 aromatic rings. The maximum Gasteiger partial charge on any atom is 0.410 e. The summed E-state index contributed by atoms with van der Waals surface area (Å²) in [5.74, 6) is 6.80. The molecule has 1 aliphatic rings. The number of rotatable bonds is 0. The van der Waals surface area contributed by atoms with Gasteiger partial charge in [-0.25, -0.2) is 4.79 Å². The van der Waals surface area contributed by atoms with Gasteiger partial charge in [-0.15, -0.1) is 0 Å². The Bertz CT molecular complexity index is 712. The molecule has 1 aromatic carbocycles. The molecule has 6 nitrogen and oxygen atoms in total. The van der Waals surface area contributed by atoms with Crippen LogP contribution < -0.4 is 5.73 Å². The number of carbonyl (C=O) groups is 1. The van der Waals surface area contributed by atoms with Crippen LogP contribution in [-0.2, 0) is 14.3 Å². The maximum atomic E-state index is 12.0. The average Bonchev–Trinajstić information content (AvgIpc) is 2.55. The number of nitrogens with two attached hydrogens (primary N) is 1. The third-order valence-corrected chi connectivity index (χ3v) is 3.77. The van der Waals surface area contributed by atoms with Crippen molar-refractivity contribution in [1.82, 2.24) is 4.90 Å². The molecule has 1 amide bonds. The van der Waals surface area contributed by atoms with Crippen molar-refractivity contribution in [2.45, 2.75) is 46.1 Å². The van der Waals surface area contributed by atoms with Crippen LogP contribution >= 0.6 is 0 Å². The summed E-state index contributed by atoms with van der Waals surface area (Å²) in [7, 11) is 0. The number of carbonyl (C=O) groups excluding carboxylic acids is 3. The molecule has 0 bridgehead atoms. The van der Waals surface area contributed by atoms with Crippen molar-refractivity contribution in [1.29, 1.82) is 0 Å². The van der Waals surface area contributed by atoms with Gasteiger partial charge < -0.3 is 15.4 Å². The first kappa shape index (κ1) is 21.3. The number of likely N-dealkylation sites (tertiary alicyclic amines) is 1. The standard InChI is InChI=1S/C19H26N2O2.CO2/c1-14-5-8-17(20)16(13-14)7-6-15-9-11-21(12-10-15)18(22)23-19(2,3)4;2-1-3/h5,8,13,15H,9-12,20H2,1-4H3;. The van der Waals surface area contributed by atoms with Gasteiger partial charge in [0, 0.05) is 30.3 Å². The lowest BCUT2D eigenvalue weighted by Crippen LogP contribution is -2.41. The Kier molecular flexibility index (Phi) is 7.89. The van der Waals surface area contributed by atoms with Crippen LogP contribution in [0.5, 0.6) is 0 Å². The number of ether oxygens (including phenoxy) is 1. The van der Waals surface area contributed by atoms with E-state index in [2.05, 4.69) is 11.8 Å². The lowest BCUT2D eigenvalue weighted by Gasteiger charge is -2.31. The van der Waals surface area contributed by atoms with Crippen LogP contribution in [-0.4, -0.2) is 35.8 Å². The Morgan fingerprint density at radius 2 is 1.81 bits per heavy atom. The fraction of sp³-hybridized carbons (Fsp3) is 0.500. The molecular formula is C20H26N2O4. The highest BCUT2D eigenvalue weighted by molar-refractivity contribution is 5.68. The van der Waals surface area contributed by atoms with E-state index in [-0.39, 0.29) is 12.2 Å². The van der Waals surface area contributed by atoms with E-state index in [0.717, 1.165) is 24.0 Å². The van der Waals surface area contributed by atoms with Gasteiger partial charge >= 0.3 is 12.2 Å². The van der Waals surface area contributed by atoms with Crippen LogP contribution in [0.4, 0.5) is 10.5 Å². The summed E-state index contributed by atoms with van der Waals surface area (Å²) in [6, 6.07) is 5.89. The Labute approximate surface area is 154 Å². The summed E-state index contributed by atoms with van der Waals surface area (Å²) in [4.78, 5) is 30.1. The molecule has 0 radical (unpaired) electrons. The monoisotopic (exact) mass is 358 g/mol. The molecule has 6 heteroatoms. The second kappa shape index (κ2) is 9.65. The lowest BCUT2D eigenvalue weighted by atomic mass is 9.97. The highest BCUT2D eigenvalue weighted by atomic mass is 16.6. The average molecular weight is 358 g/mol. The number of aryl methyl sites for hydroxylation is 1. The molecule has 2 rings (SSSR count). The minimum absolute atomic E-state index is 0.230. The molecule has 0 aliphatic carbocycles. The number of benzene rings is 1. The van der Waals surface area contributed by atoms with Gasteiger partial charge in [0.05, 0.1) is 0 Å². The van der Waals surface area contributed by atoms with E-state index in [9.17, 15) is 4.79 Å². The smallest absolute Gasteiger partial charge is 0.410 e. The highest BCUT2D eigenvalue weighted by Gasteiger charge is 2.26. The Morgan fingerprint density at radius 1 is 1.23 bits per heavy atom. The van der Waals surface area contributed by atoms with Crippen LogP contribution in [0.15, 0.2) is 18.2 Å². The number of amides is 1. The number of hydrogen-bond acceptors (Lipinski definition) is 5. The van der Waals surface area contributed by atoms with Crippen molar-refractivity contribution in [3.05, 3.63) is 29.3 Å². The number of nitrogen functional groups attached to an aromatic ring is 1. The van der Waals surface area contributed by atoms with E-state index < -0.39 is 5.60 Å². The molecule has 2 N–H and O–H groups in total. The van der Waals surface area contributed by atoms with Gasteiger partial charge in [-0.1, -0.05) is 17.9 Å². The zero-order valence-corrected chi connectivity index (χ0v) is 15.8. The summed E-state index contributed by atoms with van der Waals surface area (Å²) in [5.41, 5.74) is 8.27. The maximum absolute atomic E-state index is 12.0. The normalized spacial score (nSPS) is 14.2. The largest absolute Gasteiger partial charge is 0.444 e. The van der Waals surface area contributed by atoms with Crippen molar-refractivity contribution < 1.29 is 19.1 Å². The summed E-state index contributed by atoms with van der Waals surface area (Å²) in [6.07, 6.45) is 1.77. The Morgan fingerprint density at radius 3 is 2.35 bits per heavy atom. The summed E-state index contributed by atoms with van der Waals surface area (Å²) in [5, 5.41) is 0.